The van der Waals surface area contributed by atoms with Crippen LogP contribution in [0.15, 0.2) is 12.3 Å². The summed E-state index contributed by atoms with van der Waals surface area (Å²) in [5.41, 5.74) is 5.28. The van der Waals surface area contributed by atoms with Crippen molar-refractivity contribution in [1.82, 2.24) is 9.55 Å². The number of thiophene rings is 1. The number of carbonyl (C=O) groups is 2. The fourth-order valence-electron chi connectivity index (χ4n) is 3.00. The van der Waals surface area contributed by atoms with E-state index in [9.17, 15) is 18.4 Å². The Labute approximate surface area is 162 Å². The van der Waals surface area contributed by atoms with E-state index in [-0.39, 0.29) is 12.4 Å². The number of nitrogens with one attached hydrogen (secondary N) is 1. The van der Waals surface area contributed by atoms with E-state index in [2.05, 4.69) is 10.3 Å². The zero-order valence-corrected chi connectivity index (χ0v) is 15.5. The van der Waals surface area contributed by atoms with E-state index in [1.54, 1.807) is 17.6 Å². The molecular formula is C16H17F2N5O4S. The monoisotopic (exact) mass is 413 g/mol. The van der Waals surface area contributed by atoms with Crippen molar-refractivity contribution in [2.45, 2.75) is 32.0 Å². The molecule has 0 saturated carbocycles. The lowest BCUT2D eigenvalue weighted by Crippen LogP contribution is -2.38. The summed E-state index contributed by atoms with van der Waals surface area (Å²) in [7, 11) is 0. The Bertz CT molecular complexity index is 930. The minimum absolute atomic E-state index is 0.101. The third-order valence-corrected chi connectivity index (χ3v) is 5.53. The molecule has 3 N–H and O–H groups in total. The first-order valence-corrected chi connectivity index (χ1v) is 9.31. The van der Waals surface area contributed by atoms with Gasteiger partial charge >= 0.3 is 6.09 Å². The van der Waals surface area contributed by atoms with Crippen molar-refractivity contribution in [2.24, 2.45) is 5.73 Å². The van der Waals surface area contributed by atoms with E-state index in [0.717, 1.165) is 4.90 Å². The summed E-state index contributed by atoms with van der Waals surface area (Å²) in [5, 5.41) is 3.64. The number of anilines is 2. The van der Waals surface area contributed by atoms with Crippen LogP contribution < -0.4 is 20.7 Å². The number of halogens is 2. The number of alkyl halides is 2. The van der Waals surface area contributed by atoms with Crippen molar-refractivity contribution in [3.8, 4) is 16.5 Å². The van der Waals surface area contributed by atoms with Crippen LogP contribution in [0.1, 0.15) is 6.92 Å². The van der Waals surface area contributed by atoms with Gasteiger partial charge in [0.15, 0.2) is 11.6 Å². The fraction of sp³-hybridized carbons (Fsp3) is 0.438. The van der Waals surface area contributed by atoms with Crippen LogP contribution in [0.3, 0.4) is 0 Å². The second-order valence-corrected chi connectivity index (χ2v) is 7.44. The molecule has 2 atom stereocenters. The van der Waals surface area contributed by atoms with Gasteiger partial charge in [-0.1, -0.05) is 0 Å². The van der Waals surface area contributed by atoms with Crippen molar-refractivity contribution in [3.63, 3.8) is 0 Å². The second-order valence-electron chi connectivity index (χ2n) is 6.39. The normalized spacial score (nSPS) is 19.5. The maximum Gasteiger partial charge on any atom is 0.416 e. The highest BCUT2D eigenvalue weighted by atomic mass is 32.1. The first-order chi connectivity index (χ1) is 13.3. The molecule has 28 heavy (non-hydrogen) atoms. The molecule has 1 saturated heterocycles. The molecule has 0 spiro atoms. The molecule has 2 aromatic heterocycles. The number of cyclic esters (lactones) is 1. The number of aromatic nitrogens is 2. The van der Waals surface area contributed by atoms with E-state index >= 15 is 0 Å². The summed E-state index contributed by atoms with van der Waals surface area (Å²) in [4.78, 5) is 29.2. The molecule has 4 heterocycles. The lowest BCUT2D eigenvalue weighted by atomic mass is 10.3. The quantitative estimate of drug-likeness (QED) is 0.774. The zero-order valence-electron chi connectivity index (χ0n) is 14.7. The first kappa shape index (κ1) is 18.5. The largest absolute Gasteiger partial charge is 0.490 e. The SMILES string of the molecule is C[C@H](Nc1cc2c(s1)-c1nc(N3C(=O)OC[C@H]3C(F)F)cn1CCO2)C(N)=O. The van der Waals surface area contributed by atoms with Gasteiger partial charge in [-0.2, -0.15) is 0 Å². The molecule has 0 aliphatic carbocycles. The van der Waals surface area contributed by atoms with Crippen LogP contribution >= 0.6 is 11.3 Å². The van der Waals surface area contributed by atoms with Crippen molar-refractivity contribution < 1.29 is 27.8 Å². The van der Waals surface area contributed by atoms with Gasteiger partial charge < -0.3 is 25.1 Å². The molecule has 0 aromatic carbocycles. The standard InChI is InChI=1S/C16H17F2N5O4S/c1-7(14(19)24)20-11-4-9-12(28-11)15-21-10(5-22(15)2-3-26-9)23-8(13(17)18)6-27-16(23)25/h4-5,7-8,13,20H,2-3,6H2,1H3,(H2,19,24)/t7-,8-/m0/s1. The van der Waals surface area contributed by atoms with Gasteiger partial charge in [-0.05, 0) is 6.92 Å². The topological polar surface area (TPSA) is 112 Å². The first-order valence-electron chi connectivity index (χ1n) is 8.49. The van der Waals surface area contributed by atoms with E-state index in [0.29, 0.717) is 34.6 Å². The van der Waals surface area contributed by atoms with Gasteiger partial charge in [0.05, 0.1) is 11.5 Å². The number of primary amides is 1. The number of hydrogen-bond acceptors (Lipinski definition) is 7. The van der Waals surface area contributed by atoms with Crippen LogP contribution in [0.2, 0.25) is 0 Å². The molecule has 0 radical (unpaired) electrons. The molecule has 2 amide bonds. The van der Waals surface area contributed by atoms with Gasteiger partial charge in [0, 0.05) is 12.3 Å². The maximum atomic E-state index is 13.3. The summed E-state index contributed by atoms with van der Waals surface area (Å²) in [6.45, 7) is 2.02. The molecule has 0 bridgehead atoms. The summed E-state index contributed by atoms with van der Waals surface area (Å²) >= 11 is 1.29. The number of imidazole rings is 1. The summed E-state index contributed by atoms with van der Waals surface area (Å²) in [6.07, 6.45) is -2.06. The predicted octanol–water partition coefficient (Wildman–Crippen LogP) is 1.88. The van der Waals surface area contributed by atoms with E-state index in [4.69, 9.17) is 15.2 Å². The Hall–Kier alpha value is -2.89. The van der Waals surface area contributed by atoms with Gasteiger partial charge in [-0.3, -0.25) is 4.79 Å². The van der Waals surface area contributed by atoms with E-state index < -0.39 is 30.5 Å². The molecule has 1 fully saturated rings. The van der Waals surface area contributed by atoms with E-state index in [1.807, 2.05) is 0 Å². The Balaban J connectivity index is 1.69. The molecule has 12 heteroatoms. The molecule has 2 aromatic rings. The van der Waals surface area contributed by atoms with Crippen LogP contribution in [0, 0.1) is 0 Å². The Morgan fingerprint density at radius 3 is 2.96 bits per heavy atom. The van der Waals surface area contributed by atoms with Crippen molar-refractivity contribution in [1.29, 1.82) is 0 Å². The smallest absolute Gasteiger partial charge is 0.416 e. The number of fused-ring (bicyclic) bond motifs is 3. The third kappa shape index (κ3) is 3.13. The lowest BCUT2D eigenvalue weighted by molar-refractivity contribution is -0.118. The maximum absolute atomic E-state index is 13.3. The molecular weight excluding hydrogens is 396 g/mol. The predicted molar refractivity (Wildman–Crippen MR) is 96.9 cm³/mol. The summed E-state index contributed by atoms with van der Waals surface area (Å²) < 4.78 is 38.7. The molecule has 150 valence electrons. The molecule has 2 aliphatic rings. The minimum atomic E-state index is -2.75. The van der Waals surface area contributed by atoms with Crippen LogP contribution in [-0.2, 0) is 16.1 Å². The zero-order chi connectivity index (χ0) is 20.0. The minimum Gasteiger partial charge on any atom is -0.490 e. The highest BCUT2D eigenvalue weighted by Gasteiger charge is 2.42. The highest BCUT2D eigenvalue weighted by molar-refractivity contribution is 7.19. The number of nitrogens with two attached hydrogens (primary N) is 1. The van der Waals surface area contributed by atoms with Gasteiger partial charge in [-0.15, -0.1) is 11.3 Å². The fourth-order valence-corrected chi connectivity index (χ4v) is 4.10. The lowest BCUT2D eigenvalue weighted by Gasteiger charge is -2.17. The van der Waals surface area contributed by atoms with Gasteiger partial charge in [0.2, 0.25) is 5.91 Å². The van der Waals surface area contributed by atoms with Gasteiger partial charge in [0.1, 0.15) is 35.9 Å². The Morgan fingerprint density at radius 2 is 2.25 bits per heavy atom. The van der Waals surface area contributed by atoms with Crippen molar-refractivity contribution in [2.75, 3.05) is 23.4 Å². The molecule has 2 aliphatic heterocycles. The molecule has 9 nitrogen and oxygen atoms in total. The average Bonchev–Trinajstić information content (AvgIpc) is 3.30. The van der Waals surface area contributed by atoms with Crippen LogP contribution in [-0.4, -0.2) is 53.3 Å². The Kier molecular flexibility index (Phi) is 4.57. The Morgan fingerprint density at radius 1 is 1.46 bits per heavy atom. The highest BCUT2D eigenvalue weighted by Crippen LogP contribution is 2.43. The van der Waals surface area contributed by atoms with Crippen molar-refractivity contribution >= 4 is 34.2 Å². The summed E-state index contributed by atoms with van der Waals surface area (Å²) in [5.74, 6) is 0.637. The number of ether oxygens (including phenoxy) is 2. The summed E-state index contributed by atoms with van der Waals surface area (Å²) in [6, 6.07) is -0.224. The van der Waals surface area contributed by atoms with Crippen LogP contribution in [0.4, 0.5) is 24.4 Å². The number of rotatable bonds is 5. The number of nitrogens with zero attached hydrogens (tertiary/aromatic N) is 3. The number of amides is 2. The number of carbonyl (C=O) groups excluding carboxylic acids is 2. The average molecular weight is 413 g/mol. The molecule has 0 unspecified atom stereocenters. The van der Waals surface area contributed by atoms with Gasteiger partial charge in [-0.25, -0.2) is 23.5 Å². The van der Waals surface area contributed by atoms with Crippen LogP contribution in [0.5, 0.6) is 5.75 Å². The van der Waals surface area contributed by atoms with Gasteiger partial charge in [0.25, 0.3) is 6.43 Å². The number of hydrogen-bond donors (Lipinski definition) is 2. The second kappa shape index (κ2) is 6.93. The van der Waals surface area contributed by atoms with E-state index in [1.165, 1.54) is 17.5 Å². The molecule has 4 rings (SSSR count). The third-order valence-electron chi connectivity index (χ3n) is 4.48. The van der Waals surface area contributed by atoms with Crippen LogP contribution in [0.25, 0.3) is 10.7 Å². The van der Waals surface area contributed by atoms with Crippen molar-refractivity contribution in [3.05, 3.63) is 12.3 Å².